The number of rotatable bonds is 10. The van der Waals surface area contributed by atoms with Crippen LogP contribution in [-0.4, -0.2) is 42.6 Å². The third-order valence-corrected chi connectivity index (χ3v) is 7.15. The summed E-state index contributed by atoms with van der Waals surface area (Å²) in [5.41, 5.74) is 6.81. The van der Waals surface area contributed by atoms with Crippen LogP contribution in [0.2, 0.25) is 0 Å². The molecular formula is C29H33FN2O3. The molecule has 0 aromatic heterocycles. The lowest BCUT2D eigenvalue weighted by Crippen LogP contribution is -2.62. The average molecular weight is 477 g/mol. The highest BCUT2D eigenvalue weighted by molar-refractivity contribution is 5.90. The minimum absolute atomic E-state index is 0.0371. The topological polar surface area (TPSA) is 64.8 Å². The molecule has 0 bridgehead atoms. The van der Waals surface area contributed by atoms with Crippen molar-refractivity contribution in [1.29, 1.82) is 0 Å². The molecule has 184 valence electrons. The van der Waals surface area contributed by atoms with Crippen LogP contribution < -0.4 is 15.2 Å². The molecule has 0 spiro atoms. The Balaban J connectivity index is 1.48. The number of nitrogens with zero attached hydrogens (tertiary/aromatic N) is 1. The first-order valence-corrected chi connectivity index (χ1v) is 11.9. The van der Waals surface area contributed by atoms with E-state index in [4.69, 9.17) is 15.2 Å². The number of carbonyl (C=O) groups excluding carboxylic acids is 1. The molecule has 5 nitrogen and oxygen atoms in total. The van der Waals surface area contributed by atoms with Crippen LogP contribution in [0.25, 0.3) is 0 Å². The van der Waals surface area contributed by atoms with Gasteiger partial charge in [0.25, 0.3) is 0 Å². The second-order valence-corrected chi connectivity index (χ2v) is 9.79. The van der Waals surface area contributed by atoms with E-state index in [1.165, 1.54) is 19.2 Å². The van der Waals surface area contributed by atoms with Crippen molar-refractivity contribution < 1.29 is 18.7 Å². The van der Waals surface area contributed by atoms with Crippen LogP contribution in [0.3, 0.4) is 0 Å². The molecule has 3 aromatic rings. The molecule has 3 aromatic carbocycles. The van der Waals surface area contributed by atoms with Crippen molar-refractivity contribution in [3.8, 4) is 11.5 Å². The fourth-order valence-electron chi connectivity index (χ4n) is 4.88. The Morgan fingerprint density at radius 2 is 1.49 bits per heavy atom. The van der Waals surface area contributed by atoms with Gasteiger partial charge in [0.05, 0.1) is 12.5 Å². The van der Waals surface area contributed by atoms with Crippen LogP contribution in [-0.2, 0) is 10.2 Å². The summed E-state index contributed by atoms with van der Waals surface area (Å²) >= 11 is 0. The van der Waals surface area contributed by atoms with Crippen molar-refractivity contribution >= 4 is 5.91 Å². The summed E-state index contributed by atoms with van der Waals surface area (Å²) in [5.74, 6) is 0.155. The van der Waals surface area contributed by atoms with Gasteiger partial charge in [-0.3, -0.25) is 9.69 Å². The van der Waals surface area contributed by atoms with Gasteiger partial charge in [-0.1, -0.05) is 60.7 Å². The molecule has 0 unspecified atom stereocenters. The Labute approximate surface area is 206 Å². The molecule has 1 fully saturated rings. The third kappa shape index (κ3) is 5.17. The molecule has 1 heterocycles. The number of methoxy groups -OCH3 is 1. The molecule has 0 radical (unpaired) electrons. The van der Waals surface area contributed by atoms with E-state index < -0.39 is 5.41 Å². The van der Waals surface area contributed by atoms with Crippen molar-refractivity contribution in [2.75, 3.05) is 20.2 Å². The second-order valence-electron chi connectivity index (χ2n) is 9.79. The number of amides is 1. The van der Waals surface area contributed by atoms with Gasteiger partial charge in [0.2, 0.25) is 5.91 Å². The predicted octanol–water partition coefficient (Wildman–Crippen LogP) is 4.93. The van der Waals surface area contributed by atoms with E-state index in [2.05, 4.69) is 18.7 Å². The number of likely N-dealkylation sites (tertiary alicyclic amines) is 1. The largest absolute Gasteiger partial charge is 0.497 e. The molecule has 4 rings (SSSR count). The van der Waals surface area contributed by atoms with Gasteiger partial charge in [-0.15, -0.1) is 0 Å². The maximum absolute atomic E-state index is 13.8. The van der Waals surface area contributed by atoms with Gasteiger partial charge in [-0.2, -0.15) is 0 Å². The van der Waals surface area contributed by atoms with Crippen molar-refractivity contribution in [2.24, 2.45) is 5.73 Å². The molecule has 2 N–H and O–H groups in total. The van der Waals surface area contributed by atoms with Crippen molar-refractivity contribution in [3.05, 3.63) is 95.8 Å². The maximum Gasteiger partial charge on any atom is 0.232 e. The average Bonchev–Trinajstić information content (AvgIpc) is 2.82. The van der Waals surface area contributed by atoms with E-state index in [0.29, 0.717) is 31.0 Å². The Hall–Kier alpha value is -3.38. The molecule has 1 aliphatic rings. The zero-order chi connectivity index (χ0) is 25.1. The van der Waals surface area contributed by atoms with Crippen molar-refractivity contribution in [3.63, 3.8) is 0 Å². The highest BCUT2D eigenvalue weighted by Crippen LogP contribution is 2.40. The molecule has 0 saturated carbocycles. The number of halogens is 1. The van der Waals surface area contributed by atoms with Gasteiger partial charge in [-0.05, 0) is 37.8 Å². The van der Waals surface area contributed by atoms with Crippen LogP contribution in [0.5, 0.6) is 11.5 Å². The minimum Gasteiger partial charge on any atom is -0.497 e. The highest BCUT2D eigenvalue weighted by atomic mass is 19.1. The van der Waals surface area contributed by atoms with Crippen molar-refractivity contribution in [2.45, 2.75) is 43.7 Å². The zero-order valence-corrected chi connectivity index (χ0v) is 20.5. The smallest absolute Gasteiger partial charge is 0.232 e. The molecule has 1 amide bonds. The lowest BCUT2D eigenvalue weighted by atomic mass is 9.69. The second kappa shape index (κ2) is 10.1. The standard InChI is InChI=1S/C29H33FN2O3/c1-28(2,32-19-26(20-32)35-25-17-23(30)16-24(18-25)34-3)14-15-29(27(31)33,21-10-6-4-7-11-21)22-12-8-5-9-13-22/h4-13,16-18,26H,14-15,19-20H2,1-3H3,(H2,31,33). The summed E-state index contributed by atoms with van der Waals surface area (Å²) in [7, 11) is 1.50. The Kier molecular flexibility index (Phi) is 7.13. The van der Waals surface area contributed by atoms with E-state index in [0.717, 1.165) is 17.5 Å². The molecule has 1 aliphatic heterocycles. The van der Waals surface area contributed by atoms with Crippen LogP contribution in [0.1, 0.15) is 37.8 Å². The van der Waals surface area contributed by atoms with Gasteiger partial charge < -0.3 is 15.2 Å². The van der Waals surface area contributed by atoms with Gasteiger partial charge in [-0.25, -0.2) is 4.39 Å². The molecular weight excluding hydrogens is 443 g/mol. The van der Waals surface area contributed by atoms with Crippen LogP contribution in [0, 0.1) is 5.82 Å². The lowest BCUT2D eigenvalue weighted by Gasteiger charge is -2.49. The zero-order valence-electron chi connectivity index (χ0n) is 20.5. The van der Waals surface area contributed by atoms with Crippen LogP contribution >= 0.6 is 0 Å². The number of benzene rings is 3. The van der Waals surface area contributed by atoms with Gasteiger partial charge in [0.15, 0.2) is 0 Å². The third-order valence-electron chi connectivity index (χ3n) is 7.15. The Morgan fingerprint density at radius 1 is 0.943 bits per heavy atom. The summed E-state index contributed by atoms with van der Waals surface area (Å²) in [6, 6.07) is 24.0. The number of primary amides is 1. The van der Waals surface area contributed by atoms with Gasteiger partial charge in [0, 0.05) is 36.8 Å². The first-order chi connectivity index (χ1) is 16.7. The normalized spacial score (nSPS) is 14.9. The van der Waals surface area contributed by atoms with Gasteiger partial charge in [0.1, 0.15) is 23.4 Å². The van der Waals surface area contributed by atoms with Crippen LogP contribution in [0.15, 0.2) is 78.9 Å². The molecule has 35 heavy (non-hydrogen) atoms. The lowest BCUT2D eigenvalue weighted by molar-refractivity contribution is -0.122. The first kappa shape index (κ1) is 24.7. The molecule has 0 atom stereocenters. The monoisotopic (exact) mass is 476 g/mol. The van der Waals surface area contributed by atoms with Crippen molar-refractivity contribution in [1.82, 2.24) is 4.90 Å². The van der Waals surface area contributed by atoms with E-state index in [9.17, 15) is 9.18 Å². The van der Waals surface area contributed by atoms with E-state index in [-0.39, 0.29) is 23.4 Å². The maximum atomic E-state index is 13.8. The van der Waals surface area contributed by atoms with Gasteiger partial charge >= 0.3 is 0 Å². The number of hydrogen-bond acceptors (Lipinski definition) is 4. The predicted molar refractivity (Wildman–Crippen MR) is 135 cm³/mol. The quantitative estimate of drug-likeness (QED) is 0.451. The first-order valence-electron chi connectivity index (χ1n) is 11.9. The van der Waals surface area contributed by atoms with E-state index >= 15 is 0 Å². The summed E-state index contributed by atoms with van der Waals surface area (Å²) in [6.45, 7) is 5.78. The Bertz CT molecular complexity index is 1110. The molecule has 6 heteroatoms. The highest BCUT2D eigenvalue weighted by Gasteiger charge is 2.44. The summed E-state index contributed by atoms with van der Waals surface area (Å²) in [6.07, 6.45) is 1.29. The van der Waals surface area contributed by atoms with E-state index in [1.54, 1.807) is 6.07 Å². The summed E-state index contributed by atoms with van der Waals surface area (Å²) in [5, 5.41) is 0. The van der Waals surface area contributed by atoms with E-state index in [1.807, 2.05) is 60.7 Å². The molecule has 0 aliphatic carbocycles. The number of nitrogens with two attached hydrogens (primary N) is 1. The minimum atomic E-state index is -0.918. The SMILES string of the molecule is COc1cc(F)cc(OC2CN(C(C)(C)CCC(C(N)=O)(c3ccccc3)c3ccccc3)C2)c1. The Morgan fingerprint density at radius 3 is 2.00 bits per heavy atom. The number of ether oxygens (including phenoxy) is 2. The summed E-state index contributed by atoms with van der Waals surface area (Å²) < 4.78 is 24.9. The fraction of sp³-hybridized carbons (Fsp3) is 0.345. The molecule has 1 saturated heterocycles. The summed E-state index contributed by atoms with van der Waals surface area (Å²) in [4.78, 5) is 15.4. The fourth-order valence-corrected chi connectivity index (χ4v) is 4.88. The number of carbonyl (C=O) groups is 1. The number of hydrogen-bond donors (Lipinski definition) is 1. The van der Waals surface area contributed by atoms with Crippen LogP contribution in [0.4, 0.5) is 4.39 Å².